The molecule has 3 atom stereocenters. The summed E-state index contributed by atoms with van der Waals surface area (Å²) in [5.41, 5.74) is 0. The molecule has 21 heavy (non-hydrogen) atoms. The molecule has 2 amide bonds. The van der Waals surface area contributed by atoms with Gasteiger partial charge in [-0.3, -0.25) is 14.5 Å². The molecule has 0 bridgehead atoms. The summed E-state index contributed by atoms with van der Waals surface area (Å²) < 4.78 is 5.72. The molecule has 6 nitrogen and oxygen atoms in total. The summed E-state index contributed by atoms with van der Waals surface area (Å²) in [6.45, 7) is 11.8. The van der Waals surface area contributed by atoms with Gasteiger partial charge < -0.3 is 14.5 Å². The van der Waals surface area contributed by atoms with E-state index in [1.54, 1.807) is 11.8 Å². The molecule has 2 rings (SSSR count). The maximum Gasteiger partial charge on any atom is 0.239 e. The Bertz CT molecular complexity index is 384. The van der Waals surface area contributed by atoms with Gasteiger partial charge in [-0.25, -0.2) is 0 Å². The molecule has 3 unspecified atom stereocenters. The van der Waals surface area contributed by atoms with Gasteiger partial charge in [-0.05, 0) is 20.8 Å². The maximum atomic E-state index is 12.6. The summed E-state index contributed by atoms with van der Waals surface area (Å²) in [7, 11) is 0. The maximum absolute atomic E-state index is 12.6. The van der Waals surface area contributed by atoms with Gasteiger partial charge in [0.1, 0.15) is 0 Å². The fourth-order valence-electron chi connectivity index (χ4n) is 3.20. The number of piperazine rings is 1. The van der Waals surface area contributed by atoms with E-state index >= 15 is 0 Å². The topological polar surface area (TPSA) is 53.1 Å². The van der Waals surface area contributed by atoms with E-state index in [2.05, 4.69) is 4.90 Å². The Morgan fingerprint density at radius 3 is 1.95 bits per heavy atom. The van der Waals surface area contributed by atoms with Gasteiger partial charge in [0.2, 0.25) is 11.8 Å². The molecule has 0 aromatic heterocycles. The number of hydrogen-bond donors (Lipinski definition) is 0. The van der Waals surface area contributed by atoms with E-state index < -0.39 is 0 Å². The van der Waals surface area contributed by atoms with E-state index in [4.69, 9.17) is 4.74 Å². The average Bonchev–Trinajstić information content (AvgIpc) is 2.44. The van der Waals surface area contributed by atoms with Crippen LogP contribution >= 0.6 is 0 Å². The number of amides is 2. The largest absolute Gasteiger partial charge is 0.373 e. The number of carbonyl (C=O) groups excluding carboxylic acids is 2. The van der Waals surface area contributed by atoms with Crippen LogP contribution in [-0.2, 0) is 14.3 Å². The predicted octanol–water partition coefficient (Wildman–Crippen LogP) is 0.175. The summed E-state index contributed by atoms with van der Waals surface area (Å²) in [4.78, 5) is 29.8. The van der Waals surface area contributed by atoms with Gasteiger partial charge in [0.05, 0.1) is 18.2 Å². The molecule has 2 fully saturated rings. The van der Waals surface area contributed by atoms with Gasteiger partial charge >= 0.3 is 0 Å². The second-order valence-electron chi connectivity index (χ2n) is 6.22. The first-order valence-corrected chi connectivity index (χ1v) is 7.82. The monoisotopic (exact) mass is 297 g/mol. The van der Waals surface area contributed by atoms with Crippen LogP contribution in [0.2, 0.25) is 0 Å². The van der Waals surface area contributed by atoms with Crippen LogP contribution < -0.4 is 0 Å². The first-order valence-electron chi connectivity index (χ1n) is 7.82. The van der Waals surface area contributed by atoms with E-state index in [0.29, 0.717) is 26.2 Å². The molecule has 2 aliphatic heterocycles. The SMILES string of the molecule is CC(=O)N1CCN(C(=O)C(C)N2CC(C)OC(C)C2)CC1. The third-order valence-corrected chi connectivity index (χ3v) is 4.39. The lowest BCUT2D eigenvalue weighted by molar-refractivity contribution is -0.146. The lowest BCUT2D eigenvalue weighted by Crippen LogP contribution is -2.58. The highest BCUT2D eigenvalue weighted by molar-refractivity contribution is 5.82. The molecule has 0 saturated carbocycles. The fourth-order valence-corrected chi connectivity index (χ4v) is 3.20. The van der Waals surface area contributed by atoms with Crippen molar-refractivity contribution in [1.29, 1.82) is 0 Å². The Morgan fingerprint density at radius 2 is 1.48 bits per heavy atom. The molecule has 2 heterocycles. The van der Waals surface area contributed by atoms with E-state index in [-0.39, 0.29) is 30.1 Å². The highest BCUT2D eigenvalue weighted by Gasteiger charge is 2.32. The molecule has 0 N–H and O–H groups in total. The Hall–Kier alpha value is -1.14. The third-order valence-electron chi connectivity index (χ3n) is 4.39. The molecule has 0 aromatic rings. The predicted molar refractivity (Wildman–Crippen MR) is 79.9 cm³/mol. The van der Waals surface area contributed by atoms with Crippen molar-refractivity contribution in [2.75, 3.05) is 39.3 Å². The van der Waals surface area contributed by atoms with Crippen LogP contribution in [0.25, 0.3) is 0 Å². The minimum absolute atomic E-state index is 0.0889. The van der Waals surface area contributed by atoms with Crippen LogP contribution in [0.15, 0.2) is 0 Å². The Labute approximate surface area is 127 Å². The molecule has 6 heteroatoms. The van der Waals surface area contributed by atoms with Crippen molar-refractivity contribution in [2.45, 2.75) is 45.9 Å². The molecule has 2 aliphatic rings. The van der Waals surface area contributed by atoms with Crippen LogP contribution in [0.4, 0.5) is 0 Å². The minimum atomic E-state index is -0.123. The summed E-state index contributed by atoms with van der Waals surface area (Å²) in [5, 5.41) is 0. The van der Waals surface area contributed by atoms with Crippen LogP contribution in [0.1, 0.15) is 27.7 Å². The molecular formula is C15H27N3O3. The summed E-state index contributed by atoms with van der Waals surface area (Å²) in [5.74, 6) is 0.255. The highest BCUT2D eigenvalue weighted by atomic mass is 16.5. The zero-order chi connectivity index (χ0) is 15.6. The van der Waals surface area contributed by atoms with E-state index in [0.717, 1.165) is 13.1 Å². The Kier molecular flexibility index (Phi) is 5.22. The molecule has 0 radical (unpaired) electrons. The van der Waals surface area contributed by atoms with Crippen LogP contribution in [-0.4, -0.2) is 84.0 Å². The van der Waals surface area contributed by atoms with Crippen molar-refractivity contribution in [3.05, 3.63) is 0 Å². The van der Waals surface area contributed by atoms with Crippen LogP contribution in [0, 0.1) is 0 Å². The fraction of sp³-hybridized carbons (Fsp3) is 0.867. The van der Waals surface area contributed by atoms with Crippen molar-refractivity contribution < 1.29 is 14.3 Å². The first kappa shape index (κ1) is 16.2. The lowest BCUT2D eigenvalue weighted by Gasteiger charge is -2.41. The van der Waals surface area contributed by atoms with Crippen molar-refractivity contribution in [2.24, 2.45) is 0 Å². The Morgan fingerprint density at radius 1 is 1.00 bits per heavy atom. The number of morpholine rings is 1. The number of hydrogen-bond acceptors (Lipinski definition) is 4. The number of ether oxygens (including phenoxy) is 1. The second kappa shape index (κ2) is 6.75. The molecule has 0 aliphatic carbocycles. The van der Waals surface area contributed by atoms with Crippen molar-refractivity contribution in [3.8, 4) is 0 Å². The average molecular weight is 297 g/mol. The summed E-state index contributed by atoms with van der Waals surface area (Å²) >= 11 is 0. The number of carbonyl (C=O) groups is 2. The zero-order valence-corrected chi connectivity index (χ0v) is 13.5. The zero-order valence-electron chi connectivity index (χ0n) is 13.5. The molecule has 120 valence electrons. The van der Waals surface area contributed by atoms with Gasteiger partial charge in [0, 0.05) is 46.2 Å². The Balaban J connectivity index is 1.89. The van der Waals surface area contributed by atoms with E-state index in [1.807, 2.05) is 25.7 Å². The molecular weight excluding hydrogens is 270 g/mol. The van der Waals surface area contributed by atoms with Gasteiger partial charge in [-0.2, -0.15) is 0 Å². The van der Waals surface area contributed by atoms with Gasteiger partial charge in [-0.1, -0.05) is 0 Å². The van der Waals surface area contributed by atoms with Gasteiger partial charge in [0.25, 0.3) is 0 Å². The van der Waals surface area contributed by atoms with E-state index in [9.17, 15) is 9.59 Å². The molecule has 0 spiro atoms. The molecule has 2 saturated heterocycles. The molecule has 0 aromatic carbocycles. The quantitative estimate of drug-likeness (QED) is 0.729. The number of nitrogens with zero attached hydrogens (tertiary/aromatic N) is 3. The van der Waals surface area contributed by atoms with Crippen molar-refractivity contribution >= 4 is 11.8 Å². The smallest absolute Gasteiger partial charge is 0.239 e. The van der Waals surface area contributed by atoms with Gasteiger partial charge in [-0.15, -0.1) is 0 Å². The second-order valence-corrected chi connectivity index (χ2v) is 6.22. The minimum Gasteiger partial charge on any atom is -0.373 e. The number of rotatable bonds is 2. The summed E-state index contributed by atoms with van der Waals surface area (Å²) in [6.07, 6.45) is 0.331. The normalized spacial score (nSPS) is 29.3. The van der Waals surface area contributed by atoms with Crippen LogP contribution in [0.3, 0.4) is 0 Å². The summed E-state index contributed by atoms with van der Waals surface area (Å²) in [6, 6.07) is -0.123. The standard InChI is InChI=1S/C15H27N3O3/c1-11-9-18(10-12(2)21-11)13(3)15(20)17-7-5-16(6-8-17)14(4)19/h11-13H,5-10H2,1-4H3. The van der Waals surface area contributed by atoms with Gasteiger partial charge in [0.15, 0.2) is 0 Å². The lowest BCUT2D eigenvalue weighted by atomic mass is 10.1. The third kappa shape index (κ3) is 3.95. The van der Waals surface area contributed by atoms with Crippen molar-refractivity contribution in [1.82, 2.24) is 14.7 Å². The van der Waals surface area contributed by atoms with Crippen LogP contribution in [0.5, 0.6) is 0 Å². The first-order chi connectivity index (χ1) is 9.88. The highest BCUT2D eigenvalue weighted by Crippen LogP contribution is 2.15. The van der Waals surface area contributed by atoms with Crippen molar-refractivity contribution in [3.63, 3.8) is 0 Å². The van der Waals surface area contributed by atoms with E-state index in [1.165, 1.54) is 0 Å².